The van der Waals surface area contributed by atoms with Crippen LogP contribution < -0.4 is 11.1 Å². The van der Waals surface area contributed by atoms with E-state index in [0.717, 1.165) is 11.4 Å². The number of benzene rings is 1. The highest BCUT2D eigenvalue weighted by atomic mass is 35.5. The predicted molar refractivity (Wildman–Crippen MR) is 63.4 cm³/mol. The minimum atomic E-state index is 0.595. The summed E-state index contributed by atoms with van der Waals surface area (Å²) in [6.45, 7) is 0. The number of anilines is 3. The normalized spacial score (nSPS) is 9.93. The van der Waals surface area contributed by atoms with Crippen molar-refractivity contribution in [3.63, 3.8) is 0 Å². The molecule has 1 heterocycles. The predicted octanol–water partition coefficient (Wildman–Crippen LogP) is 3.06. The van der Waals surface area contributed by atoms with Gasteiger partial charge in [0.1, 0.15) is 0 Å². The van der Waals surface area contributed by atoms with Gasteiger partial charge in [-0.1, -0.05) is 23.7 Å². The number of rotatable bonds is 2. The van der Waals surface area contributed by atoms with Crippen LogP contribution in [0.4, 0.5) is 17.1 Å². The number of para-hydroxylation sites is 1. The summed E-state index contributed by atoms with van der Waals surface area (Å²) in [5.74, 6) is 0. The van der Waals surface area contributed by atoms with Crippen molar-refractivity contribution in [3.05, 3.63) is 47.7 Å². The molecule has 0 amide bonds. The highest BCUT2D eigenvalue weighted by molar-refractivity contribution is 6.33. The van der Waals surface area contributed by atoms with E-state index in [-0.39, 0.29) is 0 Å². The average Bonchev–Trinajstić information content (AvgIpc) is 2.24. The van der Waals surface area contributed by atoms with Crippen LogP contribution in [0.2, 0.25) is 5.02 Å². The van der Waals surface area contributed by atoms with E-state index in [4.69, 9.17) is 17.3 Å². The summed E-state index contributed by atoms with van der Waals surface area (Å²) < 4.78 is 0. The molecular weight excluding hydrogens is 210 g/mol. The summed E-state index contributed by atoms with van der Waals surface area (Å²) in [6.07, 6.45) is 3.27. The third-order valence-corrected chi connectivity index (χ3v) is 2.32. The molecule has 4 heteroatoms. The Hall–Kier alpha value is -1.74. The van der Waals surface area contributed by atoms with E-state index in [1.807, 2.05) is 24.3 Å². The van der Waals surface area contributed by atoms with E-state index in [1.54, 1.807) is 18.5 Å². The fraction of sp³-hybridized carbons (Fsp3) is 0. The van der Waals surface area contributed by atoms with Gasteiger partial charge in [-0.25, -0.2) is 0 Å². The Kier molecular flexibility index (Phi) is 2.74. The average molecular weight is 220 g/mol. The molecule has 0 spiro atoms. The molecule has 3 N–H and O–H groups in total. The molecule has 0 saturated carbocycles. The van der Waals surface area contributed by atoms with Gasteiger partial charge in [0, 0.05) is 6.20 Å². The molecule has 76 valence electrons. The van der Waals surface area contributed by atoms with Gasteiger partial charge in [0.15, 0.2) is 0 Å². The lowest BCUT2D eigenvalue weighted by atomic mass is 10.3. The van der Waals surface area contributed by atoms with Gasteiger partial charge < -0.3 is 11.1 Å². The van der Waals surface area contributed by atoms with Gasteiger partial charge in [-0.2, -0.15) is 0 Å². The molecule has 0 unspecified atom stereocenters. The Balaban J connectivity index is 2.30. The quantitative estimate of drug-likeness (QED) is 0.816. The van der Waals surface area contributed by atoms with Crippen molar-refractivity contribution >= 4 is 28.7 Å². The van der Waals surface area contributed by atoms with Gasteiger partial charge >= 0.3 is 0 Å². The first-order chi connectivity index (χ1) is 7.27. The Morgan fingerprint density at radius 1 is 1.13 bits per heavy atom. The van der Waals surface area contributed by atoms with E-state index < -0.39 is 0 Å². The zero-order valence-electron chi connectivity index (χ0n) is 7.94. The highest BCUT2D eigenvalue weighted by Gasteiger charge is 2.01. The second-order valence-electron chi connectivity index (χ2n) is 3.07. The Morgan fingerprint density at radius 2 is 1.93 bits per heavy atom. The summed E-state index contributed by atoms with van der Waals surface area (Å²) in [7, 11) is 0. The standard InChI is InChI=1S/C11H10ClN3/c12-8-3-1-2-4-10(8)15-11-5-6-14-7-9(11)13/h1-7H,13H2,(H,14,15). The number of nitrogen functional groups attached to an aromatic ring is 1. The fourth-order valence-electron chi connectivity index (χ4n) is 1.23. The zero-order chi connectivity index (χ0) is 10.7. The summed E-state index contributed by atoms with van der Waals surface area (Å²) in [6, 6.07) is 9.30. The fourth-order valence-corrected chi connectivity index (χ4v) is 1.41. The third-order valence-electron chi connectivity index (χ3n) is 2.00. The maximum absolute atomic E-state index is 6.01. The maximum Gasteiger partial charge on any atom is 0.0739 e. The molecule has 0 aliphatic heterocycles. The van der Waals surface area contributed by atoms with Crippen molar-refractivity contribution in [1.82, 2.24) is 4.98 Å². The van der Waals surface area contributed by atoms with Crippen LogP contribution >= 0.6 is 11.6 Å². The van der Waals surface area contributed by atoms with Crippen molar-refractivity contribution < 1.29 is 0 Å². The second kappa shape index (κ2) is 4.19. The zero-order valence-corrected chi connectivity index (χ0v) is 8.70. The minimum Gasteiger partial charge on any atom is -0.396 e. The molecule has 0 aliphatic rings. The molecule has 0 radical (unpaired) electrons. The number of nitrogens with two attached hydrogens (primary N) is 1. The molecule has 3 nitrogen and oxygen atoms in total. The smallest absolute Gasteiger partial charge is 0.0739 e. The van der Waals surface area contributed by atoms with Crippen molar-refractivity contribution in [3.8, 4) is 0 Å². The van der Waals surface area contributed by atoms with Crippen LogP contribution in [0, 0.1) is 0 Å². The van der Waals surface area contributed by atoms with Gasteiger partial charge in [-0.15, -0.1) is 0 Å². The summed E-state index contributed by atoms with van der Waals surface area (Å²) in [5.41, 5.74) is 7.98. The van der Waals surface area contributed by atoms with Gasteiger partial charge in [-0.05, 0) is 18.2 Å². The van der Waals surface area contributed by atoms with Crippen LogP contribution in [0.15, 0.2) is 42.7 Å². The van der Waals surface area contributed by atoms with Crippen molar-refractivity contribution in [2.45, 2.75) is 0 Å². The number of pyridine rings is 1. The van der Waals surface area contributed by atoms with Crippen molar-refractivity contribution in [1.29, 1.82) is 0 Å². The lowest BCUT2D eigenvalue weighted by Gasteiger charge is -2.09. The number of hydrogen-bond donors (Lipinski definition) is 2. The van der Waals surface area contributed by atoms with E-state index in [1.165, 1.54) is 0 Å². The number of aromatic nitrogens is 1. The molecule has 15 heavy (non-hydrogen) atoms. The van der Waals surface area contributed by atoms with Gasteiger partial charge in [0.25, 0.3) is 0 Å². The third kappa shape index (κ3) is 2.19. The molecule has 0 fully saturated rings. The number of hydrogen-bond acceptors (Lipinski definition) is 3. The van der Waals surface area contributed by atoms with E-state index in [0.29, 0.717) is 10.7 Å². The molecule has 0 aliphatic carbocycles. The Labute approximate surface area is 92.9 Å². The number of nitrogens with zero attached hydrogens (tertiary/aromatic N) is 1. The monoisotopic (exact) mass is 219 g/mol. The lowest BCUT2D eigenvalue weighted by molar-refractivity contribution is 1.33. The Bertz CT molecular complexity index is 427. The van der Waals surface area contributed by atoms with Crippen LogP contribution in [-0.4, -0.2) is 4.98 Å². The number of nitrogens with one attached hydrogen (secondary N) is 1. The minimum absolute atomic E-state index is 0.595. The van der Waals surface area contributed by atoms with Crippen molar-refractivity contribution in [2.24, 2.45) is 0 Å². The van der Waals surface area contributed by atoms with Crippen LogP contribution in [0.25, 0.3) is 0 Å². The highest BCUT2D eigenvalue weighted by Crippen LogP contribution is 2.27. The van der Waals surface area contributed by atoms with Gasteiger partial charge in [-0.3, -0.25) is 4.98 Å². The topological polar surface area (TPSA) is 50.9 Å². The van der Waals surface area contributed by atoms with E-state index in [9.17, 15) is 0 Å². The van der Waals surface area contributed by atoms with E-state index >= 15 is 0 Å². The Morgan fingerprint density at radius 3 is 2.67 bits per heavy atom. The van der Waals surface area contributed by atoms with Gasteiger partial charge in [0.2, 0.25) is 0 Å². The van der Waals surface area contributed by atoms with Gasteiger partial charge in [0.05, 0.1) is 28.3 Å². The second-order valence-corrected chi connectivity index (χ2v) is 3.47. The lowest BCUT2D eigenvalue weighted by Crippen LogP contribution is -1.96. The molecule has 0 saturated heterocycles. The molecule has 2 aromatic rings. The van der Waals surface area contributed by atoms with Crippen LogP contribution in [0.1, 0.15) is 0 Å². The molecule has 0 atom stereocenters. The first-order valence-electron chi connectivity index (χ1n) is 4.48. The largest absolute Gasteiger partial charge is 0.396 e. The first-order valence-corrected chi connectivity index (χ1v) is 4.86. The molecule has 1 aromatic heterocycles. The van der Waals surface area contributed by atoms with Crippen LogP contribution in [0.3, 0.4) is 0 Å². The summed E-state index contributed by atoms with van der Waals surface area (Å²) >= 11 is 6.01. The number of halogens is 1. The van der Waals surface area contributed by atoms with E-state index in [2.05, 4.69) is 10.3 Å². The van der Waals surface area contributed by atoms with Crippen LogP contribution in [-0.2, 0) is 0 Å². The maximum atomic E-state index is 6.01. The molecule has 1 aromatic carbocycles. The molecule has 0 bridgehead atoms. The SMILES string of the molecule is Nc1cnccc1Nc1ccccc1Cl. The van der Waals surface area contributed by atoms with Crippen LogP contribution in [0.5, 0.6) is 0 Å². The van der Waals surface area contributed by atoms with Crippen molar-refractivity contribution in [2.75, 3.05) is 11.1 Å². The molecular formula is C11H10ClN3. The molecule has 2 rings (SSSR count). The summed E-state index contributed by atoms with van der Waals surface area (Å²) in [4.78, 5) is 3.91. The first kappa shape index (κ1) is 9.80. The summed E-state index contributed by atoms with van der Waals surface area (Å²) in [5, 5.41) is 3.80.